The molecule has 0 heterocycles. The first kappa shape index (κ1) is 8.04. The molecule has 1 rings (SSSR count). The SMILES string of the molecule is CON([O-])C1=CC=CCC=C1. The van der Waals surface area contributed by atoms with E-state index in [2.05, 4.69) is 4.84 Å². The lowest BCUT2D eigenvalue weighted by atomic mass is 10.4. The summed E-state index contributed by atoms with van der Waals surface area (Å²) in [7, 11) is 1.34. The Morgan fingerprint density at radius 3 is 3.09 bits per heavy atom. The Morgan fingerprint density at radius 2 is 2.36 bits per heavy atom. The molecule has 11 heavy (non-hydrogen) atoms. The summed E-state index contributed by atoms with van der Waals surface area (Å²) in [5.74, 6) is 0. The molecule has 0 saturated carbocycles. The van der Waals surface area contributed by atoms with Crippen LogP contribution in [0.3, 0.4) is 0 Å². The molecule has 0 aliphatic heterocycles. The maximum atomic E-state index is 10.9. The number of allylic oxidation sites excluding steroid dienone is 5. The van der Waals surface area contributed by atoms with Crippen LogP contribution in [0.5, 0.6) is 0 Å². The summed E-state index contributed by atoms with van der Waals surface area (Å²) in [4.78, 5) is 4.47. The van der Waals surface area contributed by atoms with Crippen molar-refractivity contribution in [1.82, 2.24) is 5.23 Å². The minimum absolute atomic E-state index is 0.478. The van der Waals surface area contributed by atoms with Crippen molar-refractivity contribution in [3.8, 4) is 0 Å². The summed E-state index contributed by atoms with van der Waals surface area (Å²) in [5.41, 5.74) is 0.515. The molecule has 60 valence electrons. The monoisotopic (exact) mass is 152 g/mol. The average molecular weight is 152 g/mol. The summed E-state index contributed by atoms with van der Waals surface area (Å²) in [5, 5.41) is 11.3. The van der Waals surface area contributed by atoms with Crippen molar-refractivity contribution in [1.29, 1.82) is 0 Å². The van der Waals surface area contributed by atoms with Crippen LogP contribution in [-0.2, 0) is 4.84 Å². The van der Waals surface area contributed by atoms with Gasteiger partial charge in [-0.1, -0.05) is 18.2 Å². The highest BCUT2D eigenvalue weighted by molar-refractivity contribution is 5.25. The van der Waals surface area contributed by atoms with E-state index in [-0.39, 0.29) is 0 Å². The van der Waals surface area contributed by atoms with Gasteiger partial charge >= 0.3 is 0 Å². The first-order chi connectivity index (χ1) is 5.34. The Hall–Kier alpha value is -1.06. The van der Waals surface area contributed by atoms with Crippen molar-refractivity contribution in [3.05, 3.63) is 41.3 Å². The molecule has 0 aromatic rings. The van der Waals surface area contributed by atoms with Crippen LogP contribution in [0.2, 0.25) is 0 Å². The fraction of sp³-hybridized carbons (Fsp3) is 0.250. The van der Waals surface area contributed by atoms with Crippen LogP contribution in [0.25, 0.3) is 0 Å². The van der Waals surface area contributed by atoms with Crippen LogP contribution in [0.1, 0.15) is 6.42 Å². The second kappa shape index (κ2) is 3.95. The van der Waals surface area contributed by atoms with E-state index in [0.29, 0.717) is 10.9 Å². The van der Waals surface area contributed by atoms with Crippen molar-refractivity contribution in [3.63, 3.8) is 0 Å². The van der Waals surface area contributed by atoms with Gasteiger partial charge in [0.1, 0.15) is 0 Å². The third-order valence-corrected chi connectivity index (χ3v) is 1.34. The molecular formula is C8H10NO2-. The van der Waals surface area contributed by atoms with Gasteiger partial charge in [-0.3, -0.25) is 4.84 Å². The molecule has 1 aliphatic carbocycles. The van der Waals surface area contributed by atoms with Crippen molar-refractivity contribution >= 4 is 0 Å². The number of hydrogen-bond donors (Lipinski definition) is 0. The Labute approximate surface area is 65.8 Å². The molecule has 1 aliphatic rings. The predicted molar refractivity (Wildman–Crippen MR) is 43.2 cm³/mol. The Kier molecular flexibility index (Phi) is 2.89. The minimum Gasteiger partial charge on any atom is -0.733 e. The van der Waals surface area contributed by atoms with Crippen molar-refractivity contribution in [2.75, 3.05) is 7.11 Å². The smallest absolute Gasteiger partial charge is 0.0629 e. The van der Waals surface area contributed by atoms with Crippen molar-refractivity contribution < 1.29 is 4.84 Å². The van der Waals surface area contributed by atoms with Gasteiger partial charge in [0, 0.05) is 0 Å². The van der Waals surface area contributed by atoms with Crippen LogP contribution in [-0.4, -0.2) is 12.3 Å². The molecule has 0 bridgehead atoms. The largest absolute Gasteiger partial charge is 0.733 e. The van der Waals surface area contributed by atoms with Gasteiger partial charge in [-0.2, -0.15) is 0 Å². The van der Waals surface area contributed by atoms with Crippen LogP contribution < -0.4 is 0 Å². The van der Waals surface area contributed by atoms with E-state index >= 15 is 0 Å². The summed E-state index contributed by atoms with van der Waals surface area (Å²) < 4.78 is 0. The predicted octanol–water partition coefficient (Wildman–Crippen LogP) is 1.75. The number of hydrogen-bond acceptors (Lipinski definition) is 3. The Morgan fingerprint density at radius 1 is 1.55 bits per heavy atom. The minimum atomic E-state index is 0.478. The molecule has 0 amide bonds. The van der Waals surface area contributed by atoms with E-state index < -0.39 is 0 Å². The summed E-state index contributed by atoms with van der Waals surface area (Å²) in [6.45, 7) is 0. The zero-order valence-electron chi connectivity index (χ0n) is 6.36. The maximum Gasteiger partial charge on any atom is 0.0629 e. The quantitative estimate of drug-likeness (QED) is 0.565. The molecule has 0 spiro atoms. The molecule has 0 fully saturated rings. The third kappa shape index (κ3) is 2.22. The lowest BCUT2D eigenvalue weighted by Crippen LogP contribution is -2.11. The zero-order chi connectivity index (χ0) is 8.10. The molecule has 0 aromatic carbocycles. The van der Waals surface area contributed by atoms with E-state index in [1.807, 2.05) is 18.2 Å². The molecule has 0 N–H and O–H groups in total. The summed E-state index contributed by atoms with van der Waals surface area (Å²) >= 11 is 0. The molecule has 0 unspecified atom stereocenters. The van der Waals surface area contributed by atoms with Crippen LogP contribution >= 0.6 is 0 Å². The standard InChI is InChI=1S/C8H10NO2/c1-11-9(10)8-6-4-2-3-5-7-8/h2,4-7H,3H2,1H3/q-1. The van der Waals surface area contributed by atoms with Crippen LogP contribution in [0, 0.1) is 5.21 Å². The van der Waals surface area contributed by atoms with Gasteiger partial charge in [0.15, 0.2) is 0 Å². The average Bonchev–Trinajstić information content (AvgIpc) is 2.30. The van der Waals surface area contributed by atoms with Gasteiger partial charge in [-0.05, 0) is 18.6 Å². The first-order valence-corrected chi connectivity index (χ1v) is 3.39. The fourth-order valence-corrected chi connectivity index (χ4v) is 0.795. The lowest BCUT2D eigenvalue weighted by molar-refractivity contribution is -0.0524. The third-order valence-electron chi connectivity index (χ3n) is 1.34. The zero-order valence-corrected chi connectivity index (χ0v) is 6.36. The molecule has 0 atom stereocenters. The normalized spacial score (nSPS) is 16.0. The lowest BCUT2D eigenvalue weighted by Gasteiger charge is -2.27. The van der Waals surface area contributed by atoms with E-state index in [9.17, 15) is 5.21 Å². The second-order valence-corrected chi connectivity index (χ2v) is 2.10. The van der Waals surface area contributed by atoms with Gasteiger partial charge in [0.2, 0.25) is 0 Å². The highest BCUT2D eigenvalue weighted by atomic mass is 16.9. The van der Waals surface area contributed by atoms with Gasteiger partial charge in [0.25, 0.3) is 0 Å². The fourth-order valence-electron chi connectivity index (χ4n) is 0.795. The van der Waals surface area contributed by atoms with E-state index in [4.69, 9.17) is 0 Å². The molecule has 0 saturated heterocycles. The summed E-state index contributed by atoms with van der Waals surface area (Å²) in [6, 6.07) is 0. The van der Waals surface area contributed by atoms with Gasteiger partial charge in [-0.25, -0.2) is 0 Å². The van der Waals surface area contributed by atoms with Crippen molar-refractivity contribution in [2.24, 2.45) is 0 Å². The van der Waals surface area contributed by atoms with E-state index in [1.54, 1.807) is 12.2 Å². The molecule has 3 nitrogen and oxygen atoms in total. The van der Waals surface area contributed by atoms with E-state index in [1.165, 1.54) is 7.11 Å². The molecule has 0 aromatic heterocycles. The Bertz CT molecular complexity index is 206. The van der Waals surface area contributed by atoms with Crippen LogP contribution in [0.4, 0.5) is 0 Å². The molecule has 0 radical (unpaired) electrons. The maximum absolute atomic E-state index is 10.9. The molecule has 3 heteroatoms. The van der Waals surface area contributed by atoms with Gasteiger partial charge < -0.3 is 10.4 Å². The van der Waals surface area contributed by atoms with E-state index in [0.717, 1.165) is 6.42 Å². The Balaban J connectivity index is 2.68. The first-order valence-electron chi connectivity index (χ1n) is 3.39. The van der Waals surface area contributed by atoms with Gasteiger partial charge in [-0.15, -0.1) is 0 Å². The summed E-state index contributed by atoms with van der Waals surface area (Å²) in [6.07, 6.45) is 10.00. The second-order valence-electron chi connectivity index (χ2n) is 2.10. The topological polar surface area (TPSA) is 35.5 Å². The molecular weight excluding hydrogens is 142 g/mol. The highest BCUT2D eigenvalue weighted by Gasteiger charge is 1.93. The number of nitrogens with zero attached hydrogens (tertiary/aromatic N) is 1. The number of rotatable bonds is 2. The van der Waals surface area contributed by atoms with Crippen LogP contribution in [0.15, 0.2) is 36.1 Å². The number of hydroxylamine groups is 2. The highest BCUT2D eigenvalue weighted by Crippen LogP contribution is 2.08. The van der Waals surface area contributed by atoms with Crippen molar-refractivity contribution in [2.45, 2.75) is 6.42 Å². The van der Waals surface area contributed by atoms with Gasteiger partial charge in [0.05, 0.1) is 12.8 Å².